The first kappa shape index (κ1) is 15.5. The van der Waals surface area contributed by atoms with Gasteiger partial charge < -0.3 is 19.6 Å². The predicted octanol–water partition coefficient (Wildman–Crippen LogP) is 1.16. The minimum absolute atomic E-state index is 0.169. The highest BCUT2D eigenvalue weighted by atomic mass is 16.5. The number of aromatic hydroxyl groups is 1. The molecule has 0 aliphatic rings. The number of methoxy groups -OCH3 is 1. The van der Waals surface area contributed by atoms with Crippen LogP contribution < -0.4 is 10.9 Å². The maximum absolute atomic E-state index is 11.7. The van der Waals surface area contributed by atoms with Gasteiger partial charge in [0.05, 0.1) is 6.61 Å². The van der Waals surface area contributed by atoms with E-state index in [9.17, 15) is 9.90 Å². The first-order valence-corrected chi connectivity index (χ1v) is 7.16. The summed E-state index contributed by atoms with van der Waals surface area (Å²) in [5.74, 6) is 0.169. The maximum atomic E-state index is 11.7. The number of phenols is 1. The molecular weight excluding hydrogens is 270 g/mol. The maximum Gasteiger partial charge on any atom is 0.336 e. The standard InChI is InChI=1S/C16H21NO4/c1-4-11-5-13-12(8-17-10(2)9-20-3)6-16(19)21-15(13)7-14(11)18/h5-7,10,17-18H,4,8-9H2,1-3H3/p+1/t10-/m0/s1. The van der Waals surface area contributed by atoms with E-state index < -0.39 is 5.63 Å². The molecule has 0 fully saturated rings. The first-order valence-electron chi connectivity index (χ1n) is 7.16. The molecule has 0 unspecified atom stereocenters. The van der Waals surface area contributed by atoms with Crippen LogP contribution >= 0.6 is 0 Å². The van der Waals surface area contributed by atoms with E-state index in [1.165, 1.54) is 12.1 Å². The topological polar surface area (TPSA) is 76.3 Å². The number of quaternary nitrogens is 1. The minimum Gasteiger partial charge on any atom is -0.508 e. The fourth-order valence-corrected chi connectivity index (χ4v) is 2.42. The molecule has 2 rings (SSSR count). The van der Waals surface area contributed by atoms with Gasteiger partial charge in [-0.2, -0.15) is 0 Å². The Balaban J connectivity index is 2.39. The highest BCUT2D eigenvalue weighted by molar-refractivity contribution is 5.82. The summed E-state index contributed by atoms with van der Waals surface area (Å²) in [6.45, 7) is 5.37. The van der Waals surface area contributed by atoms with E-state index in [2.05, 4.69) is 12.2 Å². The molecule has 114 valence electrons. The molecule has 5 nitrogen and oxygen atoms in total. The van der Waals surface area contributed by atoms with Crippen LogP contribution in [-0.2, 0) is 17.7 Å². The average Bonchev–Trinajstić information content (AvgIpc) is 2.44. The van der Waals surface area contributed by atoms with Crippen molar-refractivity contribution in [1.82, 2.24) is 0 Å². The van der Waals surface area contributed by atoms with Crippen molar-refractivity contribution in [2.45, 2.75) is 32.9 Å². The Morgan fingerprint density at radius 2 is 2.10 bits per heavy atom. The van der Waals surface area contributed by atoms with Crippen LogP contribution in [0, 0.1) is 0 Å². The fourth-order valence-electron chi connectivity index (χ4n) is 2.42. The van der Waals surface area contributed by atoms with Crippen LogP contribution in [0.2, 0.25) is 0 Å². The SMILES string of the molecule is CCc1cc2c(C[NH2+][C@@H](C)COC)cc(=O)oc2cc1O. The highest BCUT2D eigenvalue weighted by Gasteiger charge is 2.12. The van der Waals surface area contributed by atoms with E-state index in [1.807, 2.05) is 13.0 Å². The number of rotatable bonds is 6. The molecule has 0 spiro atoms. The van der Waals surface area contributed by atoms with Crippen molar-refractivity contribution in [2.75, 3.05) is 13.7 Å². The van der Waals surface area contributed by atoms with E-state index in [-0.39, 0.29) is 5.75 Å². The minimum atomic E-state index is -0.394. The molecule has 1 aromatic heterocycles. The zero-order valence-electron chi connectivity index (χ0n) is 12.7. The molecule has 0 saturated carbocycles. The monoisotopic (exact) mass is 292 g/mol. The lowest BCUT2D eigenvalue weighted by molar-refractivity contribution is -0.702. The van der Waals surface area contributed by atoms with Gasteiger partial charge in [0, 0.05) is 30.2 Å². The van der Waals surface area contributed by atoms with E-state index in [4.69, 9.17) is 9.15 Å². The lowest BCUT2D eigenvalue weighted by atomic mass is 10.0. The van der Waals surface area contributed by atoms with Gasteiger partial charge in [0.1, 0.15) is 23.9 Å². The molecule has 0 radical (unpaired) electrons. The van der Waals surface area contributed by atoms with E-state index in [1.54, 1.807) is 7.11 Å². The van der Waals surface area contributed by atoms with Gasteiger partial charge in [0.2, 0.25) is 0 Å². The number of fused-ring (bicyclic) bond motifs is 1. The molecule has 0 aliphatic carbocycles. The smallest absolute Gasteiger partial charge is 0.336 e. The molecule has 1 aromatic carbocycles. The summed E-state index contributed by atoms with van der Waals surface area (Å²) in [5.41, 5.74) is 1.80. The van der Waals surface area contributed by atoms with Crippen molar-refractivity contribution in [3.63, 3.8) is 0 Å². The van der Waals surface area contributed by atoms with Gasteiger partial charge >= 0.3 is 5.63 Å². The van der Waals surface area contributed by atoms with Crippen LogP contribution in [0.4, 0.5) is 0 Å². The zero-order chi connectivity index (χ0) is 15.4. The Bertz CT molecular complexity index is 678. The summed E-state index contributed by atoms with van der Waals surface area (Å²) in [7, 11) is 1.67. The normalized spacial score (nSPS) is 12.7. The second-order valence-electron chi connectivity index (χ2n) is 5.29. The molecule has 0 saturated heterocycles. The quantitative estimate of drug-likeness (QED) is 0.783. The van der Waals surface area contributed by atoms with Crippen molar-refractivity contribution in [3.05, 3.63) is 39.7 Å². The third-order valence-corrected chi connectivity index (χ3v) is 3.58. The Labute approximate surface area is 123 Å². The molecule has 2 aromatic rings. The molecule has 0 amide bonds. The van der Waals surface area contributed by atoms with Gasteiger partial charge in [-0.15, -0.1) is 0 Å². The van der Waals surface area contributed by atoms with Crippen LogP contribution in [0.15, 0.2) is 27.4 Å². The molecule has 5 heteroatoms. The number of benzene rings is 1. The van der Waals surface area contributed by atoms with Crippen LogP contribution in [-0.4, -0.2) is 24.9 Å². The van der Waals surface area contributed by atoms with E-state index >= 15 is 0 Å². The number of hydrogen-bond acceptors (Lipinski definition) is 4. The molecule has 0 aliphatic heterocycles. The molecule has 1 heterocycles. The number of ether oxygens (including phenoxy) is 1. The van der Waals surface area contributed by atoms with Gasteiger partial charge in [-0.25, -0.2) is 4.79 Å². The molecule has 1 atom stereocenters. The summed E-state index contributed by atoms with van der Waals surface area (Å²) in [6.07, 6.45) is 0.726. The molecule has 0 bridgehead atoms. The van der Waals surface area contributed by atoms with Crippen molar-refractivity contribution < 1.29 is 19.6 Å². The lowest BCUT2D eigenvalue weighted by Crippen LogP contribution is -2.88. The summed E-state index contributed by atoms with van der Waals surface area (Å²) < 4.78 is 10.3. The zero-order valence-corrected chi connectivity index (χ0v) is 12.7. The van der Waals surface area contributed by atoms with Gasteiger partial charge in [-0.05, 0) is 25.0 Å². The molecule has 3 N–H and O–H groups in total. The van der Waals surface area contributed by atoms with E-state index in [0.717, 1.165) is 22.9 Å². The predicted molar refractivity (Wildman–Crippen MR) is 80.5 cm³/mol. The number of phenolic OH excluding ortho intramolecular Hbond substituents is 1. The largest absolute Gasteiger partial charge is 0.508 e. The van der Waals surface area contributed by atoms with Gasteiger partial charge in [-0.1, -0.05) is 6.92 Å². The summed E-state index contributed by atoms with van der Waals surface area (Å²) >= 11 is 0. The van der Waals surface area contributed by atoms with Crippen molar-refractivity contribution in [1.29, 1.82) is 0 Å². The number of hydrogen-bond donors (Lipinski definition) is 2. The number of aryl methyl sites for hydroxylation is 1. The summed E-state index contributed by atoms with van der Waals surface area (Å²) in [4.78, 5) is 11.7. The fraction of sp³-hybridized carbons (Fsp3) is 0.438. The Kier molecular flexibility index (Phi) is 4.98. The van der Waals surface area contributed by atoms with Gasteiger partial charge in [0.15, 0.2) is 0 Å². The second-order valence-corrected chi connectivity index (χ2v) is 5.29. The number of nitrogens with two attached hydrogens (primary N) is 1. The van der Waals surface area contributed by atoms with Crippen molar-refractivity contribution in [2.24, 2.45) is 0 Å². The second kappa shape index (κ2) is 6.74. The Morgan fingerprint density at radius 3 is 2.76 bits per heavy atom. The van der Waals surface area contributed by atoms with Crippen LogP contribution in [0.25, 0.3) is 11.0 Å². The van der Waals surface area contributed by atoms with Gasteiger partial charge in [0.25, 0.3) is 0 Å². The third kappa shape index (κ3) is 3.62. The lowest BCUT2D eigenvalue weighted by Gasteiger charge is -2.11. The Hall–Kier alpha value is -1.85. The molecule has 21 heavy (non-hydrogen) atoms. The van der Waals surface area contributed by atoms with Gasteiger partial charge in [-0.3, -0.25) is 0 Å². The average molecular weight is 292 g/mol. The third-order valence-electron chi connectivity index (χ3n) is 3.58. The summed E-state index contributed by atoms with van der Waals surface area (Å²) in [5, 5.41) is 12.9. The Morgan fingerprint density at radius 1 is 1.33 bits per heavy atom. The van der Waals surface area contributed by atoms with Crippen LogP contribution in [0.5, 0.6) is 5.75 Å². The van der Waals surface area contributed by atoms with E-state index in [0.29, 0.717) is 24.8 Å². The highest BCUT2D eigenvalue weighted by Crippen LogP contribution is 2.26. The molecular formula is C16H22NO4+. The van der Waals surface area contributed by atoms with Crippen LogP contribution in [0.3, 0.4) is 0 Å². The summed E-state index contributed by atoms with van der Waals surface area (Å²) in [6, 6.07) is 5.25. The van der Waals surface area contributed by atoms with Crippen LogP contribution in [0.1, 0.15) is 25.0 Å². The van der Waals surface area contributed by atoms with Crippen molar-refractivity contribution in [3.8, 4) is 5.75 Å². The first-order chi connectivity index (χ1) is 10.0. The van der Waals surface area contributed by atoms with Crippen molar-refractivity contribution >= 4 is 11.0 Å².